The lowest BCUT2D eigenvalue weighted by molar-refractivity contribution is -0.385. The van der Waals surface area contributed by atoms with Gasteiger partial charge in [0.05, 0.1) is 22.1 Å². The first-order valence-corrected chi connectivity index (χ1v) is 12.2. The van der Waals surface area contributed by atoms with Crippen LogP contribution in [-0.4, -0.2) is 47.6 Å². The van der Waals surface area contributed by atoms with E-state index < -0.39 is 14.9 Å². The predicted molar refractivity (Wildman–Crippen MR) is 116 cm³/mol. The zero-order valence-electron chi connectivity index (χ0n) is 18.1. The van der Waals surface area contributed by atoms with E-state index in [0.717, 1.165) is 24.7 Å². The molecule has 1 saturated carbocycles. The van der Waals surface area contributed by atoms with Gasteiger partial charge in [-0.2, -0.15) is 4.31 Å². The van der Waals surface area contributed by atoms with Gasteiger partial charge in [0.25, 0.3) is 5.69 Å². The van der Waals surface area contributed by atoms with Gasteiger partial charge in [-0.25, -0.2) is 8.42 Å². The summed E-state index contributed by atoms with van der Waals surface area (Å²) in [6.45, 7) is 3.99. The molecule has 1 unspecified atom stereocenters. The first-order chi connectivity index (χ1) is 15.2. The van der Waals surface area contributed by atoms with Gasteiger partial charge in [-0.1, -0.05) is 6.07 Å². The molecule has 0 N–H and O–H groups in total. The van der Waals surface area contributed by atoms with Crippen LogP contribution < -0.4 is 0 Å². The van der Waals surface area contributed by atoms with Gasteiger partial charge < -0.3 is 9.32 Å². The minimum absolute atomic E-state index is 0.0416. The number of nitrogens with zero attached hydrogens (tertiary/aromatic N) is 3. The van der Waals surface area contributed by atoms with Crippen molar-refractivity contribution < 1.29 is 22.6 Å². The van der Waals surface area contributed by atoms with Crippen LogP contribution in [0.2, 0.25) is 0 Å². The third-order valence-corrected chi connectivity index (χ3v) is 8.41. The number of carbonyl (C=O) groups excluding carboxylic acids is 1. The van der Waals surface area contributed by atoms with E-state index in [4.69, 9.17) is 4.42 Å². The summed E-state index contributed by atoms with van der Waals surface area (Å²) in [5.74, 6) is 0.525. The SMILES string of the molecule is Cc1ccc([N+](=O)[O-])cc1S(=O)(=O)N1CCC(C(=O)N(C2CC2)C(C)c2ccco2)CC1. The number of rotatable bonds is 7. The van der Waals surface area contributed by atoms with Crippen molar-refractivity contribution in [1.29, 1.82) is 0 Å². The summed E-state index contributed by atoms with van der Waals surface area (Å²) in [5, 5.41) is 11.1. The lowest BCUT2D eigenvalue weighted by Crippen LogP contribution is -2.45. The molecule has 1 aliphatic carbocycles. The maximum atomic E-state index is 13.4. The van der Waals surface area contributed by atoms with Crippen LogP contribution in [0.15, 0.2) is 45.9 Å². The molecule has 1 aromatic carbocycles. The number of carbonyl (C=O) groups is 1. The molecule has 2 heterocycles. The number of amides is 1. The van der Waals surface area contributed by atoms with Crippen LogP contribution in [0.4, 0.5) is 5.69 Å². The Morgan fingerprint density at radius 2 is 1.91 bits per heavy atom. The summed E-state index contributed by atoms with van der Waals surface area (Å²) in [6, 6.07) is 7.57. The first-order valence-electron chi connectivity index (χ1n) is 10.8. The molecule has 0 bridgehead atoms. The number of benzene rings is 1. The van der Waals surface area contributed by atoms with Crippen LogP contribution >= 0.6 is 0 Å². The van der Waals surface area contributed by atoms with Gasteiger partial charge in [-0.3, -0.25) is 14.9 Å². The van der Waals surface area contributed by atoms with Crippen molar-refractivity contribution in [2.75, 3.05) is 13.1 Å². The van der Waals surface area contributed by atoms with E-state index in [2.05, 4.69) is 0 Å². The molecule has 2 aromatic rings. The third-order valence-electron chi connectivity index (χ3n) is 6.37. The number of nitro groups is 1. The summed E-state index contributed by atoms with van der Waals surface area (Å²) >= 11 is 0. The number of furan rings is 1. The Hall–Kier alpha value is -2.72. The average Bonchev–Trinajstić information content (AvgIpc) is 3.44. The topological polar surface area (TPSA) is 114 Å². The van der Waals surface area contributed by atoms with Crippen molar-refractivity contribution in [1.82, 2.24) is 9.21 Å². The number of piperidine rings is 1. The summed E-state index contributed by atoms with van der Waals surface area (Å²) in [4.78, 5) is 25.7. The minimum atomic E-state index is -3.88. The molecule has 32 heavy (non-hydrogen) atoms. The summed E-state index contributed by atoms with van der Waals surface area (Å²) in [6.07, 6.45) is 4.37. The van der Waals surface area contributed by atoms with Crippen molar-refractivity contribution in [2.45, 2.75) is 56.5 Å². The van der Waals surface area contributed by atoms with Gasteiger partial charge in [0, 0.05) is 37.2 Å². The fraction of sp³-hybridized carbons (Fsp3) is 0.500. The number of non-ortho nitro benzene ring substituents is 1. The predicted octanol–water partition coefficient (Wildman–Crippen LogP) is 3.65. The number of nitro benzene ring substituents is 1. The molecule has 172 valence electrons. The number of aryl methyl sites for hydroxylation is 1. The van der Waals surface area contributed by atoms with Gasteiger partial charge in [0.15, 0.2) is 0 Å². The van der Waals surface area contributed by atoms with Gasteiger partial charge in [-0.15, -0.1) is 0 Å². The lowest BCUT2D eigenvalue weighted by Gasteiger charge is -2.36. The zero-order valence-corrected chi connectivity index (χ0v) is 19.0. The van der Waals surface area contributed by atoms with E-state index in [1.54, 1.807) is 19.3 Å². The molecule has 2 aliphatic rings. The minimum Gasteiger partial charge on any atom is -0.467 e. The second-order valence-corrected chi connectivity index (χ2v) is 10.5. The van der Waals surface area contributed by atoms with Crippen molar-refractivity contribution >= 4 is 21.6 Å². The highest BCUT2D eigenvalue weighted by Crippen LogP contribution is 2.37. The molecule has 4 rings (SSSR count). The summed E-state index contributed by atoms with van der Waals surface area (Å²) < 4.78 is 33.2. The van der Waals surface area contributed by atoms with Crippen molar-refractivity contribution in [2.24, 2.45) is 5.92 Å². The average molecular weight is 462 g/mol. The maximum absolute atomic E-state index is 13.4. The van der Waals surface area contributed by atoms with Gasteiger partial charge in [0.2, 0.25) is 15.9 Å². The van der Waals surface area contributed by atoms with Gasteiger partial charge >= 0.3 is 0 Å². The van der Waals surface area contributed by atoms with E-state index in [1.165, 1.54) is 16.4 Å². The highest BCUT2D eigenvalue weighted by atomic mass is 32.2. The van der Waals surface area contributed by atoms with Crippen LogP contribution in [0.25, 0.3) is 0 Å². The Labute approximate surface area is 187 Å². The highest BCUT2D eigenvalue weighted by molar-refractivity contribution is 7.89. The fourth-order valence-electron chi connectivity index (χ4n) is 4.38. The second-order valence-electron chi connectivity index (χ2n) is 8.55. The number of hydrogen-bond acceptors (Lipinski definition) is 6. The van der Waals surface area contributed by atoms with E-state index in [1.807, 2.05) is 17.9 Å². The number of hydrogen-bond donors (Lipinski definition) is 0. The second kappa shape index (κ2) is 8.67. The standard InChI is InChI=1S/C22H27N3O6S/c1-15-5-6-19(25(27)28)14-21(15)32(29,30)23-11-9-17(10-12-23)22(26)24(18-7-8-18)16(2)20-4-3-13-31-20/h3-6,13-14,16-18H,7-12H2,1-2H3. The quantitative estimate of drug-likeness (QED) is 0.459. The van der Waals surface area contributed by atoms with Crippen molar-refractivity contribution in [3.63, 3.8) is 0 Å². The normalized spacial score (nSPS) is 18.9. The van der Waals surface area contributed by atoms with Crippen LogP contribution in [0, 0.1) is 23.0 Å². The lowest BCUT2D eigenvalue weighted by atomic mass is 9.95. The van der Waals surface area contributed by atoms with Gasteiger partial charge in [0.1, 0.15) is 5.76 Å². The molecular formula is C22H27N3O6S. The van der Waals surface area contributed by atoms with Crippen molar-refractivity contribution in [3.05, 3.63) is 58.0 Å². The Morgan fingerprint density at radius 3 is 2.47 bits per heavy atom. The van der Waals surface area contributed by atoms with E-state index in [-0.39, 0.29) is 47.6 Å². The molecule has 2 fully saturated rings. The highest BCUT2D eigenvalue weighted by Gasteiger charge is 2.41. The number of sulfonamides is 1. The van der Waals surface area contributed by atoms with Gasteiger partial charge in [-0.05, 0) is 57.2 Å². The molecule has 1 amide bonds. The molecule has 0 spiro atoms. The van der Waals surface area contributed by atoms with Crippen LogP contribution in [0.5, 0.6) is 0 Å². The molecule has 9 nitrogen and oxygen atoms in total. The third kappa shape index (κ3) is 4.29. The Balaban J connectivity index is 1.47. The van der Waals surface area contributed by atoms with E-state index in [0.29, 0.717) is 18.4 Å². The summed E-state index contributed by atoms with van der Waals surface area (Å²) in [7, 11) is -3.88. The summed E-state index contributed by atoms with van der Waals surface area (Å²) in [5.41, 5.74) is 0.201. The van der Waals surface area contributed by atoms with Crippen LogP contribution in [-0.2, 0) is 14.8 Å². The molecule has 1 aromatic heterocycles. The Morgan fingerprint density at radius 1 is 1.22 bits per heavy atom. The van der Waals surface area contributed by atoms with E-state index >= 15 is 0 Å². The molecule has 1 aliphatic heterocycles. The smallest absolute Gasteiger partial charge is 0.270 e. The molecule has 10 heteroatoms. The maximum Gasteiger partial charge on any atom is 0.270 e. The Kier molecular flexibility index (Phi) is 6.09. The Bertz CT molecular complexity index is 1100. The van der Waals surface area contributed by atoms with Crippen molar-refractivity contribution in [3.8, 4) is 0 Å². The molecular weight excluding hydrogens is 434 g/mol. The van der Waals surface area contributed by atoms with Crippen LogP contribution in [0.3, 0.4) is 0 Å². The fourth-order valence-corrected chi connectivity index (χ4v) is 6.09. The largest absolute Gasteiger partial charge is 0.467 e. The van der Waals surface area contributed by atoms with E-state index in [9.17, 15) is 23.3 Å². The molecule has 1 saturated heterocycles. The molecule has 0 radical (unpaired) electrons. The molecule has 1 atom stereocenters. The van der Waals surface area contributed by atoms with Crippen LogP contribution in [0.1, 0.15) is 50.0 Å². The zero-order chi connectivity index (χ0) is 23.0. The monoisotopic (exact) mass is 461 g/mol. The first kappa shape index (κ1) is 22.5.